The molecule has 0 bridgehead atoms. The smallest absolute Gasteiger partial charge is 0.0957 e. The zero-order chi connectivity index (χ0) is 24.0. The molecule has 0 spiro atoms. The van der Waals surface area contributed by atoms with E-state index in [2.05, 4.69) is 27.3 Å². The summed E-state index contributed by atoms with van der Waals surface area (Å²) in [7, 11) is 0. The molecule has 0 fully saturated rings. The quantitative estimate of drug-likeness (QED) is 0.151. The van der Waals surface area contributed by atoms with Crippen LogP contribution >= 0.6 is 0 Å². The minimum Gasteiger partial charge on any atom is -0.305 e. The first-order valence-electron chi connectivity index (χ1n) is 9.25. The van der Waals surface area contributed by atoms with Gasteiger partial charge in [0.15, 0.2) is 0 Å². The second-order valence-electron chi connectivity index (χ2n) is 6.46. The summed E-state index contributed by atoms with van der Waals surface area (Å²) in [5.74, 6) is -3.92. The number of benzene rings is 2. The first-order chi connectivity index (χ1) is 15.9. The third kappa shape index (κ3) is 5.76. The van der Waals surface area contributed by atoms with Crippen molar-refractivity contribution in [1.82, 2.24) is 9.97 Å². The van der Waals surface area contributed by atoms with Crippen molar-refractivity contribution < 1.29 is 37.7 Å². The molecule has 0 aliphatic rings. The molecule has 0 aliphatic carbocycles. The number of aryl methyl sites for hydroxylation is 1. The van der Waals surface area contributed by atoms with Crippen LogP contribution < -0.4 is 0 Å². The molecule has 2 aromatic carbocycles. The predicted molar refractivity (Wildman–Crippen MR) is 112 cm³/mol. The minimum absolute atomic E-state index is 0. The minimum atomic E-state index is -1.04. The number of nitrogens with zero attached hydrogens (tertiary/aromatic N) is 4. The number of rotatable bonds is 3. The Morgan fingerprint density at radius 2 is 1.56 bits per heavy atom. The van der Waals surface area contributed by atoms with Crippen LogP contribution in [0, 0.1) is 58.6 Å². The van der Waals surface area contributed by atoms with Crippen molar-refractivity contribution >= 4 is 5.69 Å². The van der Waals surface area contributed by atoms with Crippen molar-refractivity contribution in [2.75, 3.05) is 0 Å². The molecule has 1 radical (unpaired) electrons. The molecule has 2 aromatic heterocycles. The Hall–Kier alpha value is -3.80. The molecule has 2 heterocycles. The molecule has 10 heteroatoms. The van der Waals surface area contributed by atoms with Gasteiger partial charge >= 0.3 is 0 Å². The maximum absolute atomic E-state index is 13.7. The Balaban J connectivity index is 0.000000234. The zero-order valence-electron chi connectivity index (χ0n) is 17.2. The second kappa shape index (κ2) is 11.9. The fourth-order valence-corrected chi connectivity index (χ4v) is 2.74. The summed E-state index contributed by atoms with van der Waals surface area (Å²) < 4.78 is 53.5. The first-order valence-corrected chi connectivity index (χ1v) is 9.25. The molecule has 0 amide bonds. The number of aromatic nitrogens is 2. The van der Waals surface area contributed by atoms with Gasteiger partial charge in [-0.2, -0.15) is 5.26 Å². The summed E-state index contributed by atoms with van der Waals surface area (Å²) in [6.45, 7) is 1.74. The maximum atomic E-state index is 13.7. The summed E-state index contributed by atoms with van der Waals surface area (Å²) in [5, 5.41) is 10.9. The van der Waals surface area contributed by atoms with Gasteiger partial charge in [-0.25, -0.2) is 0 Å². The van der Waals surface area contributed by atoms with Crippen LogP contribution in [-0.4, -0.2) is 9.97 Å². The normalized spacial score (nSPS) is 9.76. The van der Waals surface area contributed by atoms with E-state index in [1.165, 1.54) is 12.3 Å². The number of hydrogen-bond acceptors (Lipinski definition) is 5. The van der Waals surface area contributed by atoms with Crippen molar-refractivity contribution in [2.24, 2.45) is 5.18 Å². The van der Waals surface area contributed by atoms with Gasteiger partial charge in [-0.15, -0.1) is 29.2 Å². The van der Waals surface area contributed by atoms with E-state index in [1.54, 1.807) is 43.3 Å². The fraction of sp³-hybridized carbons (Fsp3) is 0.0417. The van der Waals surface area contributed by atoms with Crippen molar-refractivity contribution in [2.45, 2.75) is 6.92 Å². The van der Waals surface area contributed by atoms with Gasteiger partial charge in [0.1, 0.15) is 0 Å². The van der Waals surface area contributed by atoms with Gasteiger partial charge in [0, 0.05) is 37.6 Å². The predicted octanol–water partition coefficient (Wildman–Crippen LogP) is 6.23. The Kier molecular flexibility index (Phi) is 9.25. The maximum Gasteiger partial charge on any atom is 0.0957 e. The monoisotopic (exact) mass is 641 g/mol. The Morgan fingerprint density at radius 3 is 2.15 bits per heavy atom. The molecular weight excluding hydrogens is 629 g/mol. The Bertz CT molecular complexity index is 1360. The van der Waals surface area contributed by atoms with Crippen molar-refractivity contribution in [3.8, 4) is 28.6 Å². The number of nitriles is 1. The van der Waals surface area contributed by atoms with E-state index in [1.807, 2.05) is 0 Å². The van der Waals surface area contributed by atoms with Crippen LogP contribution in [-0.2, 0) is 20.1 Å². The van der Waals surface area contributed by atoms with E-state index in [9.17, 15) is 22.5 Å². The van der Waals surface area contributed by atoms with Crippen molar-refractivity contribution in [1.29, 1.82) is 5.26 Å². The van der Waals surface area contributed by atoms with E-state index < -0.39 is 34.5 Å². The van der Waals surface area contributed by atoms with E-state index in [0.29, 0.717) is 11.4 Å². The molecule has 0 saturated carbocycles. The second-order valence-corrected chi connectivity index (χ2v) is 6.46. The van der Waals surface area contributed by atoms with Gasteiger partial charge in [0.25, 0.3) is 0 Å². The first kappa shape index (κ1) is 26.5. The van der Waals surface area contributed by atoms with E-state index in [-0.39, 0.29) is 36.9 Å². The average molecular weight is 641 g/mol. The molecule has 0 saturated heterocycles. The molecule has 0 N–H and O–H groups in total. The fourth-order valence-electron chi connectivity index (χ4n) is 2.74. The van der Waals surface area contributed by atoms with Crippen LogP contribution in [0.3, 0.4) is 0 Å². The molecule has 34 heavy (non-hydrogen) atoms. The molecule has 4 rings (SSSR count). The van der Waals surface area contributed by atoms with E-state index in [0.717, 1.165) is 12.1 Å². The van der Waals surface area contributed by atoms with Crippen LogP contribution in [0.1, 0.15) is 11.3 Å². The van der Waals surface area contributed by atoms with Crippen LogP contribution in [0.2, 0.25) is 0 Å². The van der Waals surface area contributed by atoms with Gasteiger partial charge in [-0.3, -0.25) is 17.6 Å². The third-order valence-corrected chi connectivity index (χ3v) is 4.29. The third-order valence-electron chi connectivity index (χ3n) is 4.29. The SMILES string of the molecule is Cc1cccc(-c2[c-]cc(F)c(N=O)c2F)n1.N#Cc1c(F)c[c-]c(-c2ccccn2)c1F.[Ir]. The number of hydrogen-bond donors (Lipinski definition) is 0. The summed E-state index contributed by atoms with van der Waals surface area (Å²) in [6.07, 6.45) is 1.48. The van der Waals surface area contributed by atoms with Crippen LogP contribution in [0.25, 0.3) is 22.5 Å². The summed E-state index contributed by atoms with van der Waals surface area (Å²) in [5.41, 5.74) is -0.242. The van der Waals surface area contributed by atoms with Gasteiger partial charge in [-0.05, 0) is 35.6 Å². The summed E-state index contributed by atoms with van der Waals surface area (Å²) in [4.78, 5) is 18.3. The molecule has 173 valence electrons. The summed E-state index contributed by atoms with van der Waals surface area (Å²) >= 11 is 0. The summed E-state index contributed by atoms with van der Waals surface area (Å²) in [6, 6.07) is 18.0. The van der Waals surface area contributed by atoms with Crippen LogP contribution in [0.4, 0.5) is 23.2 Å². The molecule has 4 aromatic rings. The van der Waals surface area contributed by atoms with E-state index >= 15 is 0 Å². The molecule has 0 aliphatic heterocycles. The van der Waals surface area contributed by atoms with Gasteiger partial charge in [0.2, 0.25) is 0 Å². The Labute approximate surface area is 205 Å². The zero-order valence-corrected chi connectivity index (χ0v) is 19.6. The Morgan fingerprint density at radius 1 is 0.912 bits per heavy atom. The van der Waals surface area contributed by atoms with Crippen LogP contribution in [0.15, 0.2) is 59.9 Å². The average Bonchev–Trinajstić information content (AvgIpc) is 2.81. The van der Waals surface area contributed by atoms with Gasteiger partial charge in [0.05, 0.1) is 35.0 Å². The number of pyridine rings is 2. The van der Waals surface area contributed by atoms with Gasteiger partial charge in [-0.1, -0.05) is 35.4 Å². The molecular formula is C24H12F4IrN4O-2. The number of halogens is 4. The van der Waals surface area contributed by atoms with Crippen LogP contribution in [0.5, 0.6) is 0 Å². The topological polar surface area (TPSA) is 79.0 Å². The number of nitroso groups, excluding NO2 is 1. The van der Waals surface area contributed by atoms with E-state index in [4.69, 9.17) is 5.26 Å². The molecule has 0 atom stereocenters. The van der Waals surface area contributed by atoms with Gasteiger partial charge < -0.3 is 9.97 Å². The van der Waals surface area contributed by atoms with Crippen molar-refractivity contribution in [3.63, 3.8) is 0 Å². The molecule has 0 unspecified atom stereocenters. The molecule has 5 nitrogen and oxygen atoms in total. The van der Waals surface area contributed by atoms with Crippen molar-refractivity contribution in [3.05, 3.63) is 106 Å². The largest absolute Gasteiger partial charge is 0.305 e. The standard InChI is InChI=1S/C12H7F2N2O.C12H5F2N2.Ir/c1-7-3-2-4-10(15-7)8-5-6-9(13)12(16-17)11(8)14;13-10-5-4-8(12(14)9(10)7-15)11-3-1-2-6-16-11;/h2-4,6H,1H3;1-3,5-6H;/q2*-1;.